The van der Waals surface area contributed by atoms with Gasteiger partial charge in [0.15, 0.2) is 0 Å². The van der Waals surface area contributed by atoms with E-state index in [9.17, 15) is 19.3 Å². The molecule has 0 spiro atoms. The minimum absolute atomic E-state index is 0.0348. The molecule has 1 atom stereocenters. The Labute approximate surface area is 138 Å². The molecule has 0 heterocycles. The average Bonchev–Trinajstić information content (AvgIpc) is 2.53. The number of nitroso groups, excluding NO2 is 1. The Morgan fingerprint density at radius 2 is 1.75 bits per heavy atom. The molecule has 0 aliphatic carbocycles. The third-order valence-electron chi connectivity index (χ3n) is 3.05. The fourth-order valence-electron chi connectivity index (χ4n) is 1.88. The van der Waals surface area contributed by atoms with Gasteiger partial charge >= 0.3 is 0 Å². The maximum absolute atomic E-state index is 11.8. The molecular formula is C15H19N5O4. The fourth-order valence-corrected chi connectivity index (χ4v) is 1.88. The van der Waals surface area contributed by atoms with Crippen LogP contribution in [0, 0.1) is 10.3 Å². The van der Waals surface area contributed by atoms with Crippen molar-refractivity contribution in [3.05, 3.63) is 34.7 Å². The van der Waals surface area contributed by atoms with Crippen LogP contribution >= 0.6 is 0 Å². The molecule has 0 bridgehead atoms. The predicted octanol–water partition coefficient (Wildman–Crippen LogP) is 0.877. The Kier molecular flexibility index (Phi) is 7.21. The van der Waals surface area contributed by atoms with Crippen LogP contribution in [-0.2, 0) is 14.4 Å². The SMILES string of the molecule is CC(CC(=O)N=O)NC(=O)CCC(=O)Nc1ccc(C(=N)N)cc1. The van der Waals surface area contributed by atoms with E-state index in [1.165, 1.54) is 0 Å². The summed E-state index contributed by atoms with van der Waals surface area (Å²) in [6.45, 7) is 1.57. The van der Waals surface area contributed by atoms with Gasteiger partial charge < -0.3 is 16.4 Å². The standard InChI is InChI=1S/C15H19N5O4/c1-9(8-14(23)20-24)18-12(21)6-7-13(22)19-11-4-2-10(3-5-11)15(16)17/h2-5,9H,6-8H2,1H3,(H3,16,17)(H,18,21)(H,19,22). The lowest BCUT2D eigenvalue weighted by molar-refractivity contribution is -0.125. The van der Waals surface area contributed by atoms with Gasteiger partial charge in [0.25, 0.3) is 5.91 Å². The second kappa shape index (κ2) is 9.13. The van der Waals surface area contributed by atoms with Crippen LogP contribution in [0.5, 0.6) is 0 Å². The molecule has 3 amide bonds. The summed E-state index contributed by atoms with van der Waals surface area (Å²) >= 11 is 0. The molecule has 9 heteroatoms. The molecule has 0 saturated carbocycles. The molecule has 0 saturated heterocycles. The first-order valence-corrected chi connectivity index (χ1v) is 7.21. The quantitative estimate of drug-likeness (QED) is 0.316. The molecule has 24 heavy (non-hydrogen) atoms. The van der Waals surface area contributed by atoms with Gasteiger partial charge in [0.2, 0.25) is 11.8 Å². The number of nitrogens with zero attached hydrogens (tertiary/aromatic N) is 1. The molecule has 1 aromatic rings. The zero-order valence-electron chi connectivity index (χ0n) is 13.2. The van der Waals surface area contributed by atoms with Gasteiger partial charge in [-0.25, -0.2) is 0 Å². The lowest BCUT2D eigenvalue weighted by Gasteiger charge is -2.11. The van der Waals surface area contributed by atoms with Crippen molar-refractivity contribution in [3.63, 3.8) is 0 Å². The van der Waals surface area contributed by atoms with Gasteiger partial charge in [0.05, 0.1) is 6.42 Å². The third-order valence-corrected chi connectivity index (χ3v) is 3.05. The topological polar surface area (TPSA) is 155 Å². The second-order valence-electron chi connectivity index (χ2n) is 5.20. The molecule has 0 radical (unpaired) electrons. The number of nitrogens with two attached hydrogens (primary N) is 1. The van der Waals surface area contributed by atoms with Crippen LogP contribution in [0.1, 0.15) is 31.7 Å². The first kappa shape index (κ1) is 18.9. The number of nitrogens with one attached hydrogen (secondary N) is 3. The van der Waals surface area contributed by atoms with Gasteiger partial charge in [-0.2, -0.15) is 0 Å². The largest absolute Gasteiger partial charge is 0.384 e. The van der Waals surface area contributed by atoms with E-state index in [0.717, 1.165) is 0 Å². The Hall–Kier alpha value is -3.10. The van der Waals surface area contributed by atoms with Crippen molar-refractivity contribution in [3.8, 4) is 0 Å². The number of hydrogen-bond acceptors (Lipinski definition) is 5. The molecule has 0 aliphatic heterocycles. The lowest BCUT2D eigenvalue weighted by Crippen LogP contribution is -2.34. The Morgan fingerprint density at radius 1 is 1.17 bits per heavy atom. The second-order valence-corrected chi connectivity index (χ2v) is 5.20. The highest BCUT2D eigenvalue weighted by Gasteiger charge is 2.13. The van der Waals surface area contributed by atoms with Crippen molar-refractivity contribution in [2.75, 3.05) is 5.32 Å². The van der Waals surface area contributed by atoms with E-state index in [-0.39, 0.29) is 31.0 Å². The normalized spacial score (nSPS) is 11.2. The molecule has 1 rings (SSSR count). The Balaban J connectivity index is 2.37. The molecular weight excluding hydrogens is 314 g/mol. The van der Waals surface area contributed by atoms with Gasteiger partial charge in [-0.15, -0.1) is 4.91 Å². The highest BCUT2D eigenvalue weighted by molar-refractivity contribution is 5.96. The van der Waals surface area contributed by atoms with Crippen LogP contribution in [-0.4, -0.2) is 29.6 Å². The van der Waals surface area contributed by atoms with E-state index in [4.69, 9.17) is 11.1 Å². The maximum atomic E-state index is 11.8. The highest BCUT2D eigenvalue weighted by Crippen LogP contribution is 2.10. The first-order chi connectivity index (χ1) is 11.3. The summed E-state index contributed by atoms with van der Waals surface area (Å²) in [6, 6.07) is 5.89. The van der Waals surface area contributed by atoms with Crippen molar-refractivity contribution < 1.29 is 14.4 Å². The summed E-state index contributed by atoms with van der Waals surface area (Å²) in [5.74, 6) is -1.65. The third kappa shape index (κ3) is 6.77. The van der Waals surface area contributed by atoms with E-state index in [2.05, 4.69) is 15.8 Å². The smallest absolute Gasteiger partial charge is 0.288 e. The number of carbonyl (C=O) groups is 3. The molecule has 5 N–H and O–H groups in total. The van der Waals surface area contributed by atoms with E-state index in [0.29, 0.717) is 11.3 Å². The fraction of sp³-hybridized carbons (Fsp3) is 0.333. The van der Waals surface area contributed by atoms with Crippen molar-refractivity contribution in [2.24, 2.45) is 10.9 Å². The average molecular weight is 333 g/mol. The number of amidine groups is 1. The van der Waals surface area contributed by atoms with Gasteiger partial charge in [-0.1, -0.05) is 0 Å². The molecule has 1 unspecified atom stereocenters. The van der Waals surface area contributed by atoms with Crippen LogP contribution in [0.15, 0.2) is 29.4 Å². The monoisotopic (exact) mass is 333 g/mol. The number of amides is 3. The summed E-state index contributed by atoms with van der Waals surface area (Å²) < 4.78 is 0. The van der Waals surface area contributed by atoms with Crippen molar-refractivity contribution >= 4 is 29.2 Å². The maximum Gasteiger partial charge on any atom is 0.288 e. The number of anilines is 1. The zero-order valence-corrected chi connectivity index (χ0v) is 13.2. The van der Waals surface area contributed by atoms with Crippen molar-refractivity contribution in [2.45, 2.75) is 32.2 Å². The lowest BCUT2D eigenvalue weighted by atomic mass is 10.2. The molecule has 0 aromatic heterocycles. The van der Waals surface area contributed by atoms with Gasteiger partial charge in [-0.3, -0.25) is 19.8 Å². The summed E-state index contributed by atoms with van der Waals surface area (Å²) in [6.07, 6.45) is -0.263. The molecule has 0 fully saturated rings. The van der Waals surface area contributed by atoms with Crippen molar-refractivity contribution in [1.29, 1.82) is 5.41 Å². The number of nitrogen functional groups attached to an aromatic ring is 1. The van der Waals surface area contributed by atoms with Crippen LogP contribution in [0.2, 0.25) is 0 Å². The van der Waals surface area contributed by atoms with Crippen LogP contribution < -0.4 is 16.4 Å². The first-order valence-electron chi connectivity index (χ1n) is 7.21. The van der Waals surface area contributed by atoms with Crippen LogP contribution in [0.4, 0.5) is 5.69 Å². The molecule has 128 valence electrons. The van der Waals surface area contributed by atoms with E-state index in [1.807, 2.05) is 0 Å². The minimum atomic E-state index is -0.838. The van der Waals surface area contributed by atoms with Gasteiger partial charge in [-0.05, 0) is 31.2 Å². The van der Waals surface area contributed by atoms with Crippen molar-refractivity contribution in [1.82, 2.24) is 5.32 Å². The van der Waals surface area contributed by atoms with Gasteiger partial charge in [0.1, 0.15) is 5.84 Å². The van der Waals surface area contributed by atoms with E-state index < -0.39 is 17.9 Å². The van der Waals surface area contributed by atoms with E-state index in [1.54, 1.807) is 31.2 Å². The predicted molar refractivity (Wildman–Crippen MR) is 88.3 cm³/mol. The number of rotatable bonds is 8. The summed E-state index contributed by atoms with van der Waals surface area (Å²) in [7, 11) is 0. The number of hydrogen-bond donors (Lipinski definition) is 4. The van der Waals surface area contributed by atoms with E-state index >= 15 is 0 Å². The summed E-state index contributed by atoms with van der Waals surface area (Å²) in [4.78, 5) is 44.2. The molecule has 9 nitrogen and oxygen atoms in total. The van der Waals surface area contributed by atoms with Gasteiger partial charge in [0, 0.05) is 35.3 Å². The molecule has 1 aromatic carbocycles. The highest BCUT2D eigenvalue weighted by atomic mass is 16.3. The zero-order chi connectivity index (χ0) is 18.1. The molecule has 0 aliphatic rings. The summed E-state index contributed by atoms with van der Waals surface area (Å²) in [5.41, 5.74) is 6.40. The van der Waals surface area contributed by atoms with Crippen LogP contribution in [0.25, 0.3) is 0 Å². The number of benzene rings is 1. The summed E-state index contributed by atoms with van der Waals surface area (Å²) in [5, 5.41) is 14.6. The minimum Gasteiger partial charge on any atom is -0.384 e. The number of carbonyl (C=O) groups excluding carboxylic acids is 3. The Bertz CT molecular complexity index is 642. The van der Waals surface area contributed by atoms with Crippen LogP contribution in [0.3, 0.4) is 0 Å². The Morgan fingerprint density at radius 3 is 2.29 bits per heavy atom.